The van der Waals surface area contributed by atoms with Crippen LogP contribution in [0, 0.1) is 0 Å². The van der Waals surface area contributed by atoms with E-state index in [1.165, 1.54) is 19.4 Å². The van der Waals surface area contributed by atoms with Crippen molar-refractivity contribution in [1.29, 1.82) is 0 Å². The number of benzene rings is 1. The number of carbonyl (C=O) groups excluding carboxylic acids is 2. The summed E-state index contributed by atoms with van der Waals surface area (Å²) in [4.78, 5) is 22.7. The molecule has 7 nitrogen and oxygen atoms in total. The molecule has 1 aromatic carbocycles. The fraction of sp³-hybridized carbons (Fsp3) is 0.308. The molecule has 0 unspecified atom stereocenters. The van der Waals surface area contributed by atoms with E-state index in [2.05, 4.69) is 15.8 Å². The zero-order valence-electron chi connectivity index (χ0n) is 11.1. The highest BCUT2D eigenvalue weighted by Crippen LogP contribution is 2.12. The Morgan fingerprint density at radius 1 is 1.35 bits per heavy atom. The number of para-hydroxylation sites is 1. The van der Waals surface area contributed by atoms with Crippen LogP contribution in [-0.4, -0.2) is 43.4 Å². The van der Waals surface area contributed by atoms with Crippen LogP contribution in [0.5, 0.6) is 5.75 Å². The van der Waals surface area contributed by atoms with Crippen LogP contribution in [0.3, 0.4) is 0 Å². The summed E-state index contributed by atoms with van der Waals surface area (Å²) in [6.07, 6.45) is 0.984. The lowest BCUT2D eigenvalue weighted by molar-refractivity contribution is -0.129. The maximum absolute atomic E-state index is 11.4. The normalized spacial score (nSPS) is 10.4. The lowest BCUT2D eigenvalue weighted by atomic mass is 10.2. The second kappa shape index (κ2) is 8.65. The molecule has 20 heavy (non-hydrogen) atoms. The van der Waals surface area contributed by atoms with E-state index in [9.17, 15) is 14.7 Å². The molecule has 0 aliphatic heterocycles. The zero-order chi connectivity index (χ0) is 14.8. The molecule has 0 saturated heterocycles. The number of nitrogens with zero attached hydrogens (tertiary/aromatic N) is 1. The molecule has 1 rings (SSSR count). The predicted molar refractivity (Wildman–Crippen MR) is 73.3 cm³/mol. The lowest BCUT2D eigenvalue weighted by Gasteiger charge is -2.03. The van der Waals surface area contributed by atoms with Gasteiger partial charge in [-0.15, -0.1) is 0 Å². The highest BCUT2D eigenvalue weighted by molar-refractivity contribution is 5.97. The quantitative estimate of drug-likeness (QED) is 0.283. The van der Waals surface area contributed by atoms with Gasteiger partial charge in [0, 0.05) is 19.2 Å². The second-order valence-electron chi connectivity index (χ2n) is 3.87. The number of rotatable bonds is 7. The molecule has 1 aromatic rings. The van der Waals surface area contributed by atoms with E-state index in [4.69, 9.17) is 4.74 Å². The molecule has 0 spiro atoms. The summed E-state index contributed by atoms with van der Waals surface area (Å²) < 4.78 is 4.76. The van der Waals surface area contributed by atoms with E-state index in [0.29, 0.717) is 18.7 Å². The first kappa shape index (κ1) is 15.6. The van der Waals surface area contributed by atoms with Crippen LogP contribution in [-0.2, 0) is 14.3 Å². The van der Waals surface area contributed by atoms with E-state index >= 15 is 0 Å². The van der Waals surface area contributed by atoms with Crippen molar-refractivity contribution in [3.63, 3.8) is 0 Å². The van der Waals surface area contributed by atoms with E-state index < -0.39 is 11.8 Å². The Morgan fingerprint density at radius 2 is 2.10 bits per heavy atom. The van der Waals surface area contributed by atoms with Gasteiger partial charge in [-0.25, -0.2) is 5.43 Å². The van der Waals surface area contributed by atoms with Gasteiger partial charge in [0.05, 0.1) is 12.8 Å². The van der Waals surface area contributed by atoms with Gasteiger partial charge in [-0.05, 0) is 12.1 Å². The molecule has 0 aliphatic carbocycles. The Labute approximate surface area is 116 Å². The largest absolute Gasteiger partial charge is 0.507 e. The number of ether oxygens (including phenoxy) is 1. The van der Waals surface area contributed by atoms with Crippen molar-refractivity contribution in [2.45, 2.75) is 6.42 Å². The van der Waals surface area contributed by atoms with Crippen molar-refractivity contribution in [3.05, 3.63) is 29.8 Å². The minimum atomic E-state index is -0.536. The molecule has 0 fully saturated rings. The summed E-state index contributed by atoms with van der Waals surface area (Å²) in [5.74, 6) is -0.883. The summed E-state index contributed by atoms with van der Waals surface area (Å²) in [6, 6.07) is 6.55. The molecule has 0 aromatic heterocycles. The molecule has 2 amide bonds. The Bertz CT molecular complexity index is 488. The molecule has 3 N–H and O–H groups in total. The summed E-state index contributed by atoms with van der Waals surface area (Å²) in [5, 5.41) is 15.6. The number of phenolic OH excluding ortho intramolecular Hbond substituents is 1. The number of nitrogens with one attached hydrogen (secondary N) is 2. The Morgan fingerprint density at radius 3 is 2.80 bits per heavy atom. The van der Waals surface area contributed by atoms with Crippen LogP contribution in [0.1, 0.15) is 12.0 Å². The minimum Gasteiger partial charge on any atom is -0.507 e. The third-order valence-corrected chi connectivity index (χ3v) is 2.28. The molecule has 0 heterocycles. The summed E-state index contributed by atoms with van der Waals surface area (Å²) in [7, 11) is 1.52. The number of methoxy groups -OCH3 is 1. The van der Waals surface area contributed by atoms with Crippen molar-refractivity contribution in [2.24, 2.45) is 5.10 Å². The van der Waals surface area contributed by atoms with Gasteiger partial charge < -0.3 is 15.2 Å². The van der Waals surface area contributed by atoms with Gasteiger partial charge in [0.2, 0.25) is 11.8 Å². The van der Waals surface area contributed by atoms with Gasteiger partial charge in [0.15, 0.2) is 0 Å². The smallest absolute Gasteiger partial charge is 0.249 e. The van der Waals surface area contributed by atoms with Crippen molar-refractivity contribution >= 4 is 18.0 Å². The average molecular weight is 279 g/mol. The Kier molecular flexibility index (Phi) is 6.77. The fourth-order valence-corrected chi connectivity index (χ4v) is 1.31. The third-order valence-electron chi connectivity index (χ3n) is 2.28. The number of phenols is 1. The summed E-state index contributed by atoms with van der Waals surface area (Å²) in [5.41, 5.74) is 2.68. The molecule has 108 valence electrons. The van der Waals surface area contributed by atoms with E-state index in [1.807, 2.05) is 0 Å². The predicted octanol–water partition coefficient (Wildman–Crippen LogP) is -0.00500. The van der Waals surface area contributed by atoms with Gasteiger partial charge in [0.1, 0.15) is 12.2 Å². The highest BCUT2D eigenvalue weighted by atomic mass is 16.5. The van der Waals surface area contributed by atoms with Crippen molar-refractivity contribution < 1.29 is 19.4 Å². The van der Waals surface area contributed by atoms with E-state index in [1.54, 1.807) is 18.2 Å². The average Bonchev–Trinajstić information content (AvgIpc) is 2.41. The first-order valence-electron chi connectivity index (χ1n) is 5.99. The standard InChI is InChI=1S/C13H17N3O4/c1-20-7-6-14-12(18)8-13(19)16-15-9-10-4-2-3-5-11(10)17/h2-5,9,17H,6-8H2,1H3,(H,14,18)(H,16,19)/b15-9-. The third kappa shape index (κ3) is 5.96. The second-order valence-corrected chi connectivity index (χ2v) is 3.87. The van der Waals surface area contributed by atoms with Crippen molar-refractivity contribution in [2.75, 3.05) is 20.3 Å². The molecule has 7 heteroatoms. The van der Waals surface area contributed by atoms with Crippen LogP contribution < -0.4 is 10.7 Å². The number of amides is 2. The number of hydrazone groups is 1. The van der Waals surface area contributed by atoms with Crippen LogP contribution in [0.25, 0.3) is 0 Å². The number of carbonyl (C=O) groups is 2. The highest BCUT2D eigenvalue weighted by Gasteiger charge is 2.07. The van der Waals surface area contributed by atoms with Gasteiger partial charge in [-0.3, -0.25) is 9.59 Å². The molecule has 0 saturated carbocycles. The topological polar surface area (TPSA) is 100 Å². The molecule has 0 atom stereocenters. The van der Waals surface area contributed by atoms with Gasteiger partial charge in [-0.1, -0.05) is 12.1 Å². The SMILES string of the molecule is COCCNC(=O)CC(=O)N/N=C\c1ccccc1O. The summed E-state index contributed by atoms with van der Waals surface area (Å²) in [6.45, 7) is 0.739. The Hall–Kier alpha value is -2.41. The van der Waals surface area contributed by atoms with Crippen molar-refractivity contribution in [1.82, 2.24) is 10.7 Å². The minimum absolute atomic E-state index is 0.0582. The molecule has 0 aliphatic rings. The van der Waals surface area contributed by atoms with Crippen LogP contribution >= 0.6 is 0 Å². The number of aromatic hydroxyl groups is 1. The maximum Gasteiger partial charge on any atom is 0.249 e. The molecular weight excluding hydrogens is 262 g/mol. The Balaban J connectivity index is 2.33. The zero-order valence-corrected chi connectivity index (χ0v) is 11.1. The first-order chi connectivity index (χ1) is 9.63. The number of hydrogen-bond acceptors (Lipinski definition) is 5. The molecule has 0 bridgehead atoms. The van der Waals surface area contributed by atoms with E-state index in [0.717, 1.165) is 0 Å². The van der Waals surface area contributed by atoms with Crippen LogP contribution in [0.15, 0.2) is 29.4 Å². The van der Waals surface area contributed by atoms with Gasteiger partial charge in [0.25, 0.3) is 0 Å². The summed E-state index contributed by atoms with van der Waals surface area (Å²) >= 11 is 0. The van der Waals surface area contributed by atoms with E-state index in [-0.39, 0.29) is 12.2 Å². The lowest BCUT2D eigenvalue weighted by Crippen LogP contribution is -2.31. The molecular formula is C13H17N3O4. The maximum atomic E-state index is 11.4. The van der Waals surface area contributed by atoms with Gasteiger partial charge >= 0.3 is 0 Å². The monoisotopic (exact) mass is 279 g/mol. The van der Waals surface area contributed by atoms with Crippen molar-refractivity contribution in [3.8, 4) is 5.75 Å². The van der Waals surface area contributed by atoms with Gasteiger partial charge in [-0.2, -0.15) is 5.10 Å². The van der Waals surface area contributed by atoms with Crippen LogP contribution in [0.2, 0.25) is 0 Å². The number of hydrogen-bond donors (Lipinski definition) is 3. The van der Waals surface area contributed by atoms with Crippen LogP contribution in [0.4, 0.5) is 0 Å². The molecule has 0 radical (unpaired) electrons. The first-order valence-corrected chi connectivity index (χ1v) is 5.99. The fourth-order valence-electron chi connectivity index (χ4n) is 1.31.